The fraction of sp³-hybridized carbons (Fsp3) is 0.333. The van der Waals surface area contributed by atoms with E-state index in [2.05, 4.69) is 43.4 Å². The number of aromatic amines is 1. The molecule has 0 aliphatic carbocycles. The summed E-state index contributed by atoms with van der Waals surface area (Å²) >= 11 is 0. The van der Waals surface area contributed by atoms with E-state index in [1.165, 1.54) is 19.3 Å². The number of methoxy groups -OCH3 is 1. The number of H-pyrrole nitrogens is 1. The second-order valence-corrected chi connectivity index (χ2v) is 7.90. The Labute approximate surface area is 181 Å². The van der Waals surface area contributed by atoms with E-state index < -0.39 is 0 Å². The SMILES string of the molecule is COc1cc2c(Nc3ccc4[nH]ccc4c3)ncnc2cc1OCCN1CCCCC1. The molecule has 1 aliphatic heterocycles. The first-order valence-corrected chi connectivity index (χ1v) is 10.8. The quantitative estimate of drug-likeness (QED) is 0.453. The Morgan fingerprint density at radius 3 is 2.81 bits per heavy atom. The predicted molar refractivity (Wildman–Crippen MR) is 123 cm³/mol. The fourth-order valence-electron chi connectivity index (χ4n) is 4.17. The van der Waals surface area contributed by atoms with Gasteiger partial charge in [-0.3, -0.25) is 4.90 Å². The van der Waals surface area contributed by atoms with Gasteiger partial charge in [-0.15, -0.1) is 0 Å². The molecule has 3 heterocycles. The minimum Gasteiger partial charge on any atom is -0.493 e. The van der Waals surface area contributed by atoms with Crippen LogP contribution in [0.4, 0.5) is 11.5 Å². The maximum absolute atomic E-state index is 6.09. The highest BCUT2D eigenvalue weighted by Crippen LogP contribution is 2.35. The molecule has 0 bridgehead atoms. The standard InChI is InChI=1S/C24H27N5O2/c1-30-22-14-19-21(15-23(22)31-12-11-29-9-3-2-4-10-29)26-16-27-24(19)28-18-5-6-20-17(13-18)7-8-25-20/h5-8,13-16,25H,2-4,9-12H2,1H3,(H,26,27,28). The lowest BCUT2D eigenvalue weighted by atomic mass is 10.1. The van der Waals surface area contributed by atoms with E-state index >= 15 is 0 Å². The number of piperidine rings is 1. The summed E-state index contributed by atoms with van der Waals surface area (Å²) in [6.45, 7) is 3.89. The zero-order valence-corrected chi connectivity index (χ0v) is 17.7. The molecular formula is C24H27N5O2. The molecule has 4 aromatic rings. The lowest BCUT2D eigenvalue weighted by Crippen LogP contribution is -2.33. The number of nitrogens with one attached hydrogen (secondary N) is 2. The second-order valence-electron chi connectivity index (χ2n) is 7.90. The molecule has 0 amide bonds. The molecule has 0 spiro atoms. The molecule has 0 radical (unpaired) electrons. The number of aromatic nitrogens is 3. The average molecular weight is 418 g/mol. The highest BCUT2D eigenvalue weighted by atomic mass is 16.5. The van der Waals surface area contributed by atoms with Crippen molar-refractivity contribution in [3.63, 3.8) is 0 Å². The van der Waals surface area contributed by atoms with Crippen molar-refractivity contribution in [2.24, 2.45) is 0 Å². The number of benzene rings is 2. The maximum Gasteiger partial charge on any atom is 0.163 e. The van der Waals surface area contributed by atoms with Gasteiger partial charge in [0.05, 0.1) is 12.6 Å². The first-order valence-electron chi connectivity index (χ1n) is 10.8. The van der Waals surface area contributed by atoms with Crippen molar-refractivity contribution < 1.29 is 9.47 Å². The number of hydrogen-bond acceptors (Lipinski definition) is 6. The van der Waals surface area contributed by atoms with Crippen molar-refractivity contribution >= 4 is 33.3 Å². The lowest BCUT2D eigenvalue weighted by Gasteiger charge is -2.26. The lowest BCUT2D eigenvalue weighted by molar-refractivity contribution is 0.181. The molecule has 0 unspecified atom stereocenters. The largest absolute Gasteiger partial charge is 0.493 e. The Balaban J connectivity index is 1.37. The molecule has 1 aliphatic rings. The smallest absolute Gasteiger partial charge is 0.163 e. The minimum atomic E-state index is 0.634. The van der Waals surface area contributed by atoms with E-state index in [-0.39, 0.29) is 0 Å². The molecule has 2 aromatic heterocycles. The van der Waals surface area contributed by atoms with Gasteiger partial charge in [0, 0.05) is 40.8 Å². The molecule has 1 fully saturated rings. The van der Waals surface area contributed by atoms with Crippen molar-refractivity contribution in [1.82, 2.24) is 19.9 Å². The number of rotatable bonds is 7. The number of anilines is 2. The van der Waals surface area contributed by atoms with Crippen LogP contribution in [0.3, 0.4) is 0 Å². The van der Waals surface area contributed by atoms with Crippen LogP contribution in [-0.4, -0.2) is 53.2 Å². The summed E-state index contributed by atoms with van der Waals surface area (Å²) < 4.78 is 11.7. The van der Waals surface area contributed by atoms with Gasteiger partial charge in [0.15, 0.2) is 11.5 Å². The van der Waals surface area contributed by atoms with Crippen LogP contribution in [0.1, 0.15) is 19.3 Å². The van der Waals surface area contributed by atoms with Crippen LogP contribution in [-0.2, 0) is 0 Å². The minimum absolute atomic E-state index is 0.634. The van der Waals surface area contributed by atoms with Crippen LogP contribution in [0.5, 0.6) is 11.5 Å². The summed E-state index contributed by atoms with van der Waals surface area (Å²) in [5.74, 6) is 2.13. The molecule has 1 saturated heterocycles. The first-order chi connectivity index (χ1) is 15.3. The van der Waals surface area contributed by atoms with Crippen LogP contribution in [0.25, 0.3) is 21.8 Å². The summed E-state index contributed by atoms with van der Waals surface area (Å²) in [6.07, 6.45) is 7.41. The van der Waals surface area contributed by atoms with Gasteiger partial charge in [-0.1, -0.05) is 6.42 Å². The van der Waals surface area contributed by atoms with Gasteiger partial charge in [0.2, 0.25) is 0 Å². The Morgan fingerprint density at radius 2 is 1.94 bits per heavy atom. The van der Waals surface area contributed by atoms with Gasteiger partial charge in [0.1, 0.15) is 18.8 Å². The maximum atomic E-state index is 6.09. The molecule has 2 aromatic carbocycles. The molecule has 7 nitrogen and oxygen atoms in total. The highest BCUT2D eigenvalue weighted by molar-refractivity contribution is 5.94. The molecule has 0 atom stereocenters. The van der Waals surface area contributed by atoms with E-state index in [1.807, 2.05) is 24.4 Å². The van der Waals surface area contributed by atoms with Crippen LogP contribution in [0.15, 0.2) is 48.9 Å². The fourth-order valence-corrected chi connectivity index (χ4v) is 4.17. The molecule has 0 saturated carbocycles. The molecule has 7 heteroatoms. The Morgan fingerprint density at radius 1 is 1.03 bits per heavy atom. The number of hydrogen-bond donors (Lipinski definition) is 2. The van der Waals surface area contributed by atoms with Crippen molar-refractivity contribution in [1.29, 1.82) is 0 Å². The summed E-state index contributed by atoms with van der Waals surface area (Å²) in [6, 6.07) is 12.1. The number of likely N-dealkylation sites (tertiary alicyclic amines) is 1. The van der Waals surface area contributed by atoms with Crippen LogP contribution < -0.4 is 14.8 Å². The van der Waals surface area contributed by atoms with Crippen molar-refractivity contribution in [2.45, 2.75) is 19.3 Å². The Bertz CT molecular complexity index is 1180. The van der Waals surface area contributed by atoms with E-state index in [1.54, 1.807) is 13.4 Å². The van der Waals surface area contributed by atoms with Gasteiger partial charge >= 0.3 is 0 Å². The van der Waals surface area contributed by atoms with Gasteiger partial charge in [-0.2, -0.15) is 0 Å². The van der Waals surface area contributed by atoms with Gasteiger partial charge in [-0.25, -0.2) is 9.97 Å². The molecule has 31 heavy (non-hydrogen) atoms. The molecule has 160 valence electrons. The molecule has 2 N–H and O–H groups in total. The topological polar surface area (TPSA) is 75.3 Å². The van der Waals surface area contributed by atoms with Crippen molar-refractivity contribution in [3.05, 3.63) is 48.9 Å². The number of ether oxygens (including phenoxy) is 2. The van der Waals surface area contributed by atoms with Crippen LogP contribution in [0.2, 0.25) is 0 Å². The third-order valence-corrected chi connectivity index (χ3v) is 5.85. The van der Waals surface area contributed by atoms with E-state index in [4.69, 9.17) is 9.47 Å². The predicted octanol–water partition coefficient (Wildman–Crippen LogP) is 4.73. The van der Waals surface area contributed by atoms with Gasteiger partial charge < -0.3 is 19.8 Å². The third kappa shape index (κ3) is 4.27. The van der Waals surface area contributed by atoms with E-state index in [9.17, 15) is 0 Å². The summed E-state index contributed by atoms with van der Waals surface area (Å²) in [5, 5.41) is 5.45. The van der Waals surface area contributed by atoms with Crippen LogP contribution >= 0.6 is 0 Å². The van der Waals surface area contributed by atoms with Crippen molar-refractivity contribution in [2.75, 3.05) is 38.7 Å². The van der Waals surface area contributed by atoms with Gasteiger partial charge in [0.25, 0.3) is 0 Å². The number of nitrogens with zero attached hydrogens (tertiary/aromatic N) is 3. The monoisotopic (exact) mass is 417 g/mol. The zero-order chi connectivity index (χ0) is 21.0. The second kappa shape index (κ2) is 8.81. The Kier molecular flexibility index (Phi) is 5.58. The van der Waals surface area contributed by atoms with Crippen LogP contribution in [0, 0.1) is 0 Å². The normalized spacial score (nSPS) is 14.7. The first kappa shape index (κ1) is 19.6. The Hall–Kier alpha value is -3.32. The van der Waals surface area contributed by atoms with Gasteiger partial charge in [-0.05, 0) is 56.3 Å². The molecular weight excluding hydrogens is 390 g/mol. The van der Waals surface area contributed by atoms with E-state index in [0.717, 1.165) is 52.9 Å². The van der Waals surface area contributed by atoms with Crippen molar-refractivity contribution in [3.8, 4) is 11.5 Å². The molecule has 5 rings (SSSR count). The zero-order valence-electron chi connectivity index (χ0n) is 17.7. The van der Waals surface area contributed by atoms with E-state index in [0.29, 0.717) is 18.1 Å². The highest BCUT2D eigenvalue weighted by Gasteiger charge is 2.14. The average Bonchev–Trinajstić information content (AvgIpc) is 3.27. The summed E-state index contributed by atoms with van der Waals surface area (Å²) in [4.78, 5) is 14.6. The third-order valence-electron chi connectivity index (χ3n) is 5.85. The number of fused-ring (bicyclic) bond motifs is 2. The summed E-state index contributed by atoms with van der Waals surface area (Å²) in [5.41, 5.74) is 2.88. The summed E-state index contributed by atoms with van der Waals surface area (Å²) in [7, 11) is 1.66.